The number of amides is 1. The Morgan fingerprint density at radius 1 is 1.40 bits per heavy atom. The van der Waals surface area contributed by atoms with Gasteiger partial charge in [-0.1, -0.05) is 18.2 Å². The van der Waals surface area contributed by atoms with Crippen LogP contribution in [0, 0.1) is 0 Å². The van der Waals surface area contributed by atoms with Gasteiger partial charge in [-0.15, -0.1) is 0 Å². The predicted octanol–water partition coefficient (Wildman–Crippen LogP) is 0.0528. The summed E-state index contributed by atoms with van der Waals surface area (Å²) in [6.45, 7) is 2.70. The molecule has 7 N–H and O–H groups in total. The molecule has 1 amide bonds. The van der Waals surface area contributed by atoms with Crippen LogP contribution in [0.15, 0.2) is 47.1 Å². The highest BCUT2D eigenvalue weighted by Gasteiger charge is 2.37. The summed E-state index contributed by atoms with van der Waals surface area (Å²) in [6, 6.07) is 4.65. The molecule has 0 saturated carbocycles. The van der Waals surface area contributed by atoms with Gasteiger partial charge in [-0.05, 0) is 36.6 Å². The number of nitrogens with one attached hydrogen (secondary N) is 2. The second-order valence-electron chi connectivity index (χ2n) is 6.66. The number of carbonyl (C=O) groups is 2. The lowest BCUT2D eigenvalue weighted by molar-refractivity contribution is -0.120. The van der Waals surface area contributed by atoms with Crippen molar-refractivity contribution in [3.05, 3.63) is 53.3 Å². The van der Waals surface area contributed by atoms with E-state index in [0.717, 1.165) is 0 Å². The van der Waals surface area contributed by atoms with Crippen LogP contribution in [-0.2, 0) is 11.2 Å². The first-order valence-electron chi connectivity index (χ1n) is 9.32. The van der Waals surface area contributed by atoms with E-state index in [1.165, 1.54) is 12.3 Å². The van der Waals surface area contributed by atoms with Gasteiger partial charge in [0.2, 0.25) is 5.91 Å². The maximum absolute atomic E-state index is 12.4. The second-order valence-corrected chi connectivity index (χ2v) is 6.66. The van der Waals surface area contributed by atoms with Crippen molar-refractivity contribution in [1.82, 2.24) is 10.8 Å². The van der Waals surface area contributed by atoms with Gasteiger partial charge in [0, 0.05) is 18.5 Å². The van der Waals surface area contributed by atoms with E-state index in [0.29, 0.717) is 29.9 Å². The zero-order valence-corrected chi connectivity index (χ0v) is 16.5. The van der Waals surface area contributed by atoms with Crippen molar-refractivity contribution in [2.45, 2.75) is 25.7 Å². The van der Waals surface area contributed by atoms with Crippen LogP contribution < -0.4 is 21.2 Å². The zero-order valence-electron chi connectivity index (χ0n) is 16.5. The standard InChI is InChI=1S/C19H25BN4O6/c1-12(22-8-7-21)5-6-13(11-23-29)9-17(25)24-16-10-14-3-2-4-15(19(26)27)18(14)30-20(16)28/h2-6,11,16,23,28-29H,7-10,21H2,1H3,(H,24,25)(H,26,27)/t16-/m0/s1. The van der Waals surface area contributed by atoms with Gasteiger partial charge in [0.05, 0.1) is 24.5 Å². The summed E-state index contributed by atoms with van der Waals surface area (Å²) >= 11 is 0. The molecule has 0 aromatic heterocycles. The molecular weight excluding hydrogens is 391 g/mol. The Labute approximate surface area is 174 Å². The number of hydroxylamine groups is 1. The zero-order chi connectivity index (χ0) is 22.1. The third kappa shape index (κ3) is 6.44. The molecule has 0 bridgehead atoms. The van der Waals surface area contributed by atoms with E-state index in [2.05, 4.69) is 10.3 Å². The van der Waals surface area contributed by atoms with Crippen molar-refractivity contribution in [3.8, 4) is 5.75 Å². The molecule has 0 aliphatic carbocycles. The summed E-state index contributed by atoms with van der Waals surface area (Å²) in [5.74, 6) is -2.23. The molecular formula is C19H25BN4O6. The summed E-state index contributed by atoms with van der Waals surface area (Å²) in [7, 11) is -1.40. The molecule has 0 radical (unpaired) electrons. The second kappa shape index (κ2) is 11.1. The summed E-state index contributed by atoms with van der Waals surface area (Å²) < 4.78 is 5.36. The van der Waals surface area contributed by atoms with E-state index >= 15 is 0 Å². The number of fused-ring (bicyclic) bond motifs is 1. The Balaban J connectivity index is 2.04. The van der Waals surface area contributed by atoms with Crippen LogP contribution in [0.25, 0.3) is 0 Å². The highest BCUT2D eigenvalue weighted by atomic mass is 16.5. The van der Waals surface area contributed by atoms with Gasteiger partial charge in [-0.2, -0.15) is 0 Å². The highest BCUT2D eigenvalue weighted by molar-refractivity contribution is 6.47. The van der Waals surface area contributed by atoms with Crippen molar-refractivity contribution in [2.24, 2.45) is 10.7 Å². The Bertz CT molecular complexity index is 871. The lowest BCUT2D eigenvalue weighted by Gasteiger charge is -2.28. The van der Waals surface area contributed by atoms with Crippen LogP contribution in [0.4, 0.5) is 0 Å². The summed E-state index contributed by atoms with van der Waals surface area (Å²) in [6.07, 6.45) is 4.70. The van der Waals surface area contributed by atoms with E-state index in [-0.39, 0.29) is 24.2 Å². The largest absolute Gasteiger partial charge is 0.547 e. The SMILES string of the molecule is CC(C=CC(=CNO)CC(=O)N[C@H]1Cc2cccc(C(=O)O)c2OB1O)=NCCN. The average Bonchev–Trinajstić information content (AvgIpc) is 2.70. The van der Waals surface area contributed by atoms with Crippen molar-refractivity contribution >= 4 is 24.7 Å². The maximum Gasteiger partial charge on any atom is 0.547 e. The number of allylic oxidation sites excluding steroid dienone is 2. The van der Waals surface area contributed by atoms with Crippen molar-refractivity contribution < 1.29 is 29.6 Å². The van der Waals surface area contributed by atoms with E-state index in [1.807, 2.05) is 5.48 Å². The third-order valence-electron chi connectivity index (χ3n) is 4.34. The number of hydrogen-bond donors (Lipinski definition) is 6. The molecule has 30 heavy (non-hydrogen) atoms. The average molecular weight is 416 g/mol. The number of benzene rings is 1. The molecule has 1 aliphatic rings. The molecule has 0 fully saturated rings. The maximum atomic E-state index is 12.4. The number of para-hydroxylation sites is 1. The van der Waals surface area contributed by atoms with Gasteiger partial charge in [-0.25, -0.2) is 4.79 Å². The number of carbonyl (C=O) groups excluding carboxylic acids is 1. The number of aromatic carboxylic acids is 1. The summed E-state index contributed by atoms with van der Waals surface area (Å²) in [5, 5.41) is 31.1. The molecule has 1 aliphatic heterocycles. The minimum atomic E-state index is -1.40. The number of hydrogen-bond acceptors (Lipinski definition) is 8. The Morgan fingerprint density at radius 3 is 2.83 bits per heavy atom. The highest BCUT2D eigenvalue weighted by Crippen LogP contribution is 2.30. The molecule has 0 spiro atoms. The number of nitrogens with zero attached hydrogens (tertiary/aromatic N) is 1. The monoisotopic (exact) mass is 416 g/mol. The van der Waals surface area contributed by atoms with Crippen LogP contribution in [0.2, 0.25) is 0 Å². The fourth-order valence-electron chi connectivity index (χ4n) is 2.92. The van der Waals surface area contributed by atoms with Crippen LogP contribution in [-0.4, -0.2) is 59.1 Å². The first-order valence-corrected chi connectivity index (χ1v) is 9.32. The molecule has 0 saturated heterocycles. The van der Waals surface area contributed by atoms with Crippen LogP contribution >= 0.6 is 0 Å². The quantitative estimate of drug-likeness (QED) is 0.142. The van der Waals surface area contributed by atoms with Gasteiger partial charge < -0.3 is 25.8 Å². The lowest BCUT2D eigenvalue weighted by atomic mass is 9.72. The van der Waals surface area contributed by atoms with Gasteiger partial charge in [0.1, 0.15) is 5.75 Å². The minimum Gasteiger partial charge on any atom is -0.534 e. The van der Waals surface area contributed by atoms with Crippen molar-refractivity contribution in [1.29, 1.82) is 0 Å². The first kappa shape index (κ1) is 23.1. The van der Waals surface area contributed by atoms with Gasteiger partial charge >= 0.3 is 13.1 Å². The van der Waals surface area contributed by atoms with Crippen molar-refractivity contribution in [2.75, 3.05) is 13.1 Å². The Hall–Kier alpha value is -3.15. The van der Waals surface area contributed by atoms with E-state index < -0.39 is 24.9 Å². The van der Waals surface area contributed by atoms with E-state index in [1.54, 1.807) is 31.2 Å². The summed E-state index contributed by atoms with van der Waals surface area (Å²) in [4.78, 5) is 27.9. The van der Waals surface area contributed by atoms with Gasteiger partial charge in [0.15, 0.2) is 0 Å². The number of carboxylic acid groups (broad SMARTS) is 1. The van der Waals surface area contributed by atoms with E-state index in [9.17, 15) is 19.7 Å². The molecule has 11 heteroatoms. The predicted molar refractivity (Wildman–Crippen MR) is 111 cm³/mol. The molecule has 1 heterocycles. The molecule has 1 atom stereocenters. The third-order valence-corrected chi connectivity index (χ3v) is 4.34. The molecule has 10 nitrogen and oxygen atoms in total. The fourth-order valence-corrected chi connectivity index (χ4v) is 2.92. The van der Waals surface area contributed by atoms with Crippen LogP contribution in [0.1, 0.15) is 29.3 Å². The minimum absolute atomic E-state index is 0.0487. The molecule has 2 rings (SSSR count). The number of rotatable bonds is 9. The van der Waals surface area contributed by atoms with Crippen LogP contribution in [0.5, 0.6) is 5.75 Å². The van der Waals surface area contributed by atoms with Crippen LogP contribution in [0.3, 0.4) is 0 Å². The Kier molecular flexibility index (Phi) is 8.60. The van der Waals surface area contributed by atoms with Crippen molar-refractivity contribution in [3.63, 3.8) is 0 Å². The number of carboxylic acids is 1. The molecule has 1 aromatic rings. The Morgan fingerprint density at radius 2 is 2.17 bits per heavy atom. The van der Waals surface area contributed by atoms with Gasteiger partial charge in [-0.3, -0.25) is 20.5 Å². The number of nitrogens with two attached hydrogens (primary N) is 1. The molecule has 1 aromatic carbocycles. The summed E-state index contributed by atoms with van der Waals surface area (Å²) in [5.41, 5.74) is 9.01. The fraction of sp³-hybridized carbons (Fsp3) is 0.316. The smallest absolute Gasteiger partial charge is 0.534 e. The normalized spacial score (nSPS) is 16.8. The lowest BCUT2D eigenvalue weighted by Crippen LogP contribution is -2.53. The van der Waals surface area contributed by atoms with E-state index in [4.69, 9.17) is 15.6 Å². The molecule has 160 valence electrons. The first-order chi connectivity index (χ1) is 14.3. The topological polar surface area (TPSA) is 167 Å². The molecule has 0 unspecified atom stereocenters. The van der Waals surface area contributed by atoms with Gasteiger partial charge in [0.25, 0.3) is 0 Å². The number of aliphatic imine (C=N–C) groups is 1.